The van der Waals surface area contributed by atoms with E-state index < -0.39 is 10.0 Å². The number of ether oxygens (including phenoxy) is 1. The van der Waals surface area contributed by atoms with Gasteiger partial charge in [0, 0.05) is 37.4 Å². The second kappa shape index (κ2) is 9.62. The zero-order valence-electron chi connectivity index (χ0n) is 15.7. The summed E-state index contributed by atoms with van der Waals surface area (Å²) in [7, 11) is -2.24. The summed E-state index contributed by atoms with van der Waals surface area (Å²) in [5, 5.41) is 0. The summed E-state index contributed by atoms with van der Waals surface area (Å²) in [4.78, 5) is 12.9. The molecule has 2 aromatic rings. The van der Waals surface area contributed by atoms with Gasteiger partial charge in [0.1, 0.15) is 0 Å². The number of benzene rings is 2. The van der Waals surface area contributed by atoms with Gasteiger partial charge in [0.2, 0.25) is 10.0 Å². The first-order chi connectivity index (χ1) is 13.0. The van der Waals surface area contributed by atoms with Crippen molar-refractivity contribution in [1.82, 2.24) is 4.31 Å². The zero-order valence-corrected chi connectivity index (χ0v) is 17.3. The molecule has 6 nitrogen and oxygen atoms in total. The monoisotopic (exact) mass is 424 g/mol. The molecule has 1 heterocycles. The van der Waals surface area contributed by atoms with Crippen LogP contribution in [0.4, 0.5) is 0 Å². The van der Waals surface area contributed by atoms with Gasteiger partial charge in [0.25, 0.3) is 0 Å². The minimum atomic E-state index is -3.86. The molecule has 0 amide bonds. The Morgan fingerprint density at radius 2 is 1.79 bits per heavy atom. The van der Waals surface area contributed by atoms with E-state index in [4.69, 9.17) is 10.5 Å². The number of rotatable bonds is 6. The number of sulfonamides is 1. The van der Waals surface area contributed by atoms with Crippen LogP contribution in [0.25, 0.3) is 0 Å². The van der Waals surface area contributed by atoms with Gasteiger partial charge < -0.3 is 10.5 Å². The molecule has 0 bridgehead atoms. The van der Waals surface area contributed by atoms with Crippen molar-refractivity contribution in [1.29, 1.82) is 0 Å². The van der Waals surface area contributed by atoms with E-state index in [-0.39, 0.29) is 47.3 Å². The van der Waals surface area contributed by atoms with Crippen LogP contribution in [0, 0.1) is 0 Å². The minimum absolute atomic E-state index is 0. The molecule has 1 fully saturated rings. The Morgan fingerprint density at radius 3 is 2.43 bits per heavy atom. The molecule has 0 aliphatic carbocycles. The summed E-state index contributed by atoms with van der Waals surface area (Å²) in [6, 6.07) is 14.7. The maximum atomic E-state index is 13.4. The molecule has 2 aromatic carbocycles. The molecular formula is C20H25ClN2O4S. The Bertz CT molecular complexity index is 905. The number of nitrogens with two attached hydrogens (primary N) is 1. The summed E-state index contributed by atoms with van der Waals surface area (Å²) in [5.41, 5.74) is 6.47. The van der Waals surface area contributed by atoms with Crippen molar-refractivity contribution in [3.8, 4) is 0 Å². The summed E-state index contributed by atoms with van der Waals surface area (Å²) in [5.74, 6) is -0.314. The van der Waals surface area contributed by atoms with Gasteiger partial charge in [-0.15, -0.1) is 12.4 Å². The highest BCUT2D eigenvalue weighted by molar-refractivity contribution is 7.89. The van der Waals surface area contributed by atoms with Gasteiger partial charge in [0.05, 0.1) is 11.0 Å². The molecule has 2 N–H and O–H groups in total. The normalized spacial score (nSPS) is 20.4. The van der Waals surface area contributed by atoms with Crippen LogP contribution in [0.5, 0.6) is 0 Å². The molecule has 0 saturated carbocycles. The van der Waals surface area contributed by atoms with E-state index in [1.54, 1.807) is 49.6 Å². The van der Waals surface area contributed by atoms with Gasteiger partial charge in [-0.2, -0.15) is 4.31 Å². The summed E-state index contributed by atoms with van der Waals surface area (Å²) in [6.45, 7) is 0.518. The van der Waals surface area contributed by atoms with Crippen molar-refractivity contribution in [2.75, 3.05) is 20.2 Å². The Labute approximate surface area is 172 Å². The Hall–Kier alpha value is -1.77. The molecule has 2 unspecified atom stereocenters. The third kappa shape index (κ3) is 4.45. The molecule has 152 valence electrons. The molecule has 0 aromatic heterocycles. The summed E-state index contributed by atoms with van der Waals surface area (Å²) < 4.78 is 33.6. The predicted octanol–water partition coefficient (Wildman–Crippen LogP) is 2.47. The van der Waals surface area contributed by atoms with Gasteiger partial charge in [-0.3, -0.25) is 4.79 Å². The number of halogens is 1. The maximum Gasteiger partial charge on any atom is 0.244 e. The number of carbonyl (C=O) groups excluding carboxylic acids is 1. The first-order valence-electron chi connectivity index (χ1n) is 8.92. The number of carbonyl (C=O) groups is 1. The van der Waals surface area contributed by atoms with E-state index in [9.17, 15) is 13.2 Å². The smallest absolute Gasteiger partial charge is 0.244 e. The van der Waals surface area contributed by atoms with E-state index in [0.717, 1.165) is 0 Å². The first kappa shape index (κ1) is 22.5. The average molecular weight is 425 g/mol. The number of methoxy groups -OCH3 is 1. The number of hydrogen-bond acceptors (Lipinski definition) is 5. The maximum absolute atomic E-state index is 13.4. The molecule has 0 radical (unpaired) electrons. The summed E-state index contributed by atoms with van der Waals surface area (Å²) >= 11 is 0. The van der Waals surface area contributed by atoms with Crippen molar-refractivity contribution in [3.63, 3.8) is 0 Å². The van der Waals surface area contributed by atoms with Crippen LogP contribution >= 0.6 is 12.4 Å². The second-order valence-corrected chi connectivity index (χ2v) is 8.44. The SMILES string of the molecule is COC1CCN(S(=O)(=O)c2ccccc2C(=O)c2ccccc2)C(CN)C1.Cl. The van der Waals surface area contributed by atoms with Crippen molar-refractivity contribution >= 4 is 28.2 Å². The van der Waals surface area contributed by atoms with E-state index in [1.807, 2.05) is 6.07 Å². The van der Waals surface area contributed by atoms with Crippen molar-refractivity contribution in [2.24, 2.45) is 5.73 Å². The minimum Gasteiger partial charge on any atom is -0.381 e. The van der Waals surface area contributed by atoms with Gasteiger partial charge in [-0.05, 0) is 25.0 Å². The van der Waals surface area contributed by atoms with Gasteiger partial charge in [-0.25, -0.2) is 8.42 Å². The Morgan fingerprint density at radius 1 is 1.14 bits per heavy atom. The third-order valence-electron chi connectivity index (χ3n) is 4.97. The zero-order chi connectivity index (χ0) is 19.4. The Balaban J connectivity index is 0.00000280. The summed E-state index contributed by atoms with van der Waals surface area (Å²) in [6.07, 6.45) is 1.13. The molecule has 3 rings (SSSR count). The van der Waals surface area contributed by atoms with Gasteiger partial charge >= 0.3 is 0 Å². The topological polar surface area (TPSA) is 89.7 Å². The molecule has 1 saturated heterocycles. The van der Waals surface area contributed by atoms with Crippen LogP contribution in [-0.4, -0.2) is 50.9 Å². The number of ketones is 1. The quantitative estimate of drug-likeness (QED) is 0.719. The molecule has 2 atom stereocenters. The van der Waals surface area contributed by atoms with E-state index in [2.05, 4.69) is 0 Å². The lowest BCUT2D eigenvalue weighted by Gasteiger charge is -2.37. The highest BCUT2D eigenvalue weighted by Gasteiger charge is 2.37. The molecule has 1 aliphatic rings. The number of nitrogens with zero attached hydrogens (tertiary/aromatic N) is 1. The fourth-order valence-corrected chi connectivity index (χ4v) is 5.34. The third-order valence-corrected chi connectivity index (χ3v) is 6.98. The highest BCUT2D eigenvalue weighted by Crippen LogP contribution is 2.29. The van der Waals surface area contributed by atoms with Gasteiger partial charge in [-0.1, -0.05) is 42.5 Å². The van der Waals surface area contributed by atoms with Crippen molar-refractivity contribution in [3.05, 3.63) is 65.7 Å². The molecule has 1 aliphatic heterocycles. The molecule has 0 spiro atoms. The van der Waals surface area contributed by atoms with Crippen molar-refractivity contribution < 1.29 is 17.9 Å². The standard InChI is InChI=1S/C20H24N2O4S.ClH/c1-26-17-11-12-22(16(13-17)14-21)27(24,25)19-10-6-5-9-18(19)20(23)15-7-3-2-4-8-15;/h2-10,16-17H,11-14,21H2,1H3;1H. The average Bonchev–Trinajstić information content (AvgIpc) is 2.73. The van der Waals surface area contributed by atoms with E-state index >= 15 is 0 Å². The highest BCUT2D eigenvalue weighted by atomic mass is 35.5. The lowest BCUT2D eigenvalue weighted by atomic mass is 10.0. The number of hydrogen-bond donors (Lipinski definition) is 1. The largest absolute Gasteiger partial charge is 0.381 e. The Kier molecular flexibility index (Phi) is 7.74. The molecule has 28 heavy (non-hydrogen) atoms. The van der Waals surface area contributed by atoms with Crippen LogP contribution in [0.2, 0.25) is 0 Å². The molecular weight excluding hydrogens is 400 g/mol. The van der Waals surface area contributed by atoms with Gasteiger partial charge in [0.15, 0.2) is 5.78 Å². The van der Waals surface area contributed by atoms with E-state index in [1.165, 1.54) is 10.4 Å². The van der Waals surface area contributed by atoms with Crippen LogP contribution in [0.15, 0.2) is 59.5 Å². The van der Waals surface area contributed by atoms with Crippen LogP contribution < -0.4 is 5.73 Å². The molecule has 8 heteroatoms. The second-order valence-electron chi connectivity index (χ2n) is 6.58. The van der Waals surface area contributed by atoms with Crippen LogP contribution in [0.1, 0.15) is 28.8 Å². The first-order valence-corrected chi connectivity index (χ1v) is 10.4. The fourth-order valence-electron chi connectivity index (χ4n) is 3.49. The van der Waals surface area contributed by atoms with E-state index in [0.29, 0.717) is 24.9 Å². The van der Waals surface area contributed by atoms with Crippen LogP contribution in [0.3, 0.4) is 0 Å². The van der Waals surface area contributed by atoms with Crippen LogP contribution in [-0.2, 0) is 14.8 Å². The number of piperidine rings is 1. The predicted molar refractivity (Wildman–Crippen MR) is 110 cm³/mol. The van der Waals surface area contributed by atoms with Crippen molar-refractivity contribution in [2.45, 2.75) is 29.9 Å². The lowest BCUT2D eigenvalue weighted by molar-refractivity contribution is 0.0401. The lowest BCUT2D eigenvalue weighted by Crippen LogP contribution is -2.51. The fraction of sp³-hybridized carbons (Fsp3) is 0.350.